The minimum atomic E-state index is -0.398. The smallest absolute Gasteiger partial charge is 0.231 e. The minimum absolute atomic E-state index is 0.0708. The number of ether oxygens (including phenoxy) is 2. The molecule has 1 N–H and O–H groups in total. The molecule has 0 unspecified atom stereocenters. The number of carbonyl (C=O) groups excluding carboxylic acids is 2. The van der Waals surface area contributed by atoms with Gasteiger partial charge in [0.25, 0.3) is 0 Å². The zero-order valence-corrected chi connectivity index (χ0v) is 16.0. The van der Waals surface area contributed by atoms with Crippen LogP contribution in [0.1, 0.15) is 13.3 Å². The van der Waals surface area contributed by atoms with Gasteiger partial charge in [0, 0.05) is 49.7 Å². The molecule has 0 aliphatic carbocycles. The van der Waals surface area contributed by atoms with E-state index in [0.29, 0.717) is 18.0 Å². The van der Waals surface area contributed by atoms with Gasteiger partial charge in [-0.1, -0.05) is 6.07 Å². The first-order chi connectivity index (χ1) is 13.5. The summed E-state index contributed by atoms with van der Waals surface area (Å²) in [5.41, 5.74) is 2.48. The highest BCUT2D eigenvalue weighted by molar-refractivity contribution is 6.03. The molecule has 0 bridgehead atoms. The molecule has 2 aliphatic rings. The average Bonchev–Trinajstić information content (AvgIpc) is 3.33. The van der Waals surface area contributed by atoms with Crippen molar-refractivity contribution >= 4 is 28.9 Å². The number of fused-ring (bicyclic) bond motifs is 1. The monoisotopic (exact) mass is 381 g/mol. The summed E-state index contributed by atoms with van der Waals surface area (Å²) in [6.07, 6.45) is 0.189. The summed E-state index contributed by atoms with van der Waals surface area (Å²) in [5.74, 6) is 0.675. The van der Waals surface area contributed by atoms with Gasteiger partial charge in [-0.3, -0.25) is 9.59 Å². The highest BCUT2D eigenvalue weighted by Gasteiger charge is 2.35. The molecule has 7 nitrogen and oxygen atoms in total. The van der Waals surface area contributed by atoms with E-state index in [4.69, 9.17) is 9.47 Å². The Bertz CT molecular complexity index is 914. The third-order valence-electron chi connectivity index (χ3n) is 5.19. The summed E-state index contributed by atoms with van der Waals surface area (Å²) < 4.78 is 10.7. The molecular formula is C21H23N3O4. The number of benzene rings is 2. The standard InChI is InChI=1S/C21H23N3O4/c1-3-23(2)16-6-4-5-15(10-16)22-21(26)14-9-20(25)24(12-14)17-7-8-18-19(11-17)28-13-27-18/h4-8,10-11,14H,3,9,12-13H2,1-2H3,(H,22,26)/t14-/m0/s1. The predicted octanol–water partition coefficient (Wildman–Crippen LogP) is 2.86. The Hall–Kier alpha value is -3.22. The molecule has 0 radical (unpaired) electrons. The predicted molar refractivity (Wildman–Crippen MR) is 107 cm³/mol. The maximum absolute atomic E-state index is 12.7. The van der Waals surface area contributed by atoms with E-state index < -0.39 is 5.92 Å². The normalized spacial score (nSPS) is 17.7. The van der Waals surface area contributed by atoms with E-state index in [9.17, 15) is 9.59 Å². The van der Waals surface area contributed by atoms with E-state index in [1.54, 1.807) is 17.0 Å². The summed E-state index contributed by atoms with van der Waals surface area (Å²) in [5, 5.41) is 2.95. The van der Waals surface area contributed by atoms with E-state index in [2.05, 4.69) is 17.1 Å². The van der Waals surface area contributed by atoms with E-state index >= 15 is 0 Å². The largest absolute Gasteiger partial charge is 0.454 e. The Morgan fingerprint density at radius 2 is 2.04 bits per heavy atom. The van der Waals surface area contributed by atoms with Crippen molar-refractivity contribution in [1.82, 2.24) is 0 Å². The summed E-state index contributed by atoms with van der Waals surface area (Å²) in [4.78, 5) is 28.9. The third-order valence-corrected chi connectivity index (χ3v) is 5.19. The molecule has 28 heavy (non-hydrogen) atoms. The van der Waals surface area contributed by atoms with Crippen molar-refractivity contribution in [1.29, 1.82) is 0 Å². The van der Waals surface area contributed by atoms with Crippen LogP contribution in [0.5, 0.6) is 11.5 Å². The number of anilines is 3. The molecule has 2 aromatic carbocycles. The van der Waals surface area contributed by atoms with Crippen LogP contribution in [0.15, 0.2) is 42.5 Å². The molecule has 2 amide bonds. The molecule has 0 aromatic heterocycles. The van der Waals surface area contributed by atoms with Crippen molar-refractivity contribution in [3.8, 4) is 11.5 Å². The second-order valence-corrected chi connectivity index (χ2v) is 7.00. The van der Waals surface area contributed by atoms with Crippen LogP contribution in [0.3, 0.4) is 0 Å². The second kappa shape index (κ2) is 7.42. The van der Waals surface area contributed by atoms with Crippen molar-refractivity contribution in [2.24, 2.45) is 5.92 Å². The number of carbonyl (C=O) groups is 2. The molecule has 2 aromatic rings. The first kappa shape index (κ1) is 18.2. The van der Waals surface area contributed by atoms with E-state index in [0.717, 1.165) is 23.6 Å². The van der Waals surface area contributed by atoms with Gasteiger partial charge in [-0.25, -0.2) is 0 Å². The number of hydrogen-bond donors (Lipinski definition) is 1. The lowest BCUT2D eigenvalue weighted by Crippen LogP contribution is -2.28. The van der Waals surface area contributed by atoms with Gasteiger partial charge >= 0.3 is 0 Å². The van der Waals surface area contributed by atoms with Crippen LogP contribution < -0.4 is 24.6 Å². The lowest BCUT2D eigenvalue weighted by atomic mass is 10.1. The van der Waals surface area contributed by atoms with E-state index in [1.165, 1.54) is 0 Å². The Morgan fingerprint density at radius 1 is 1.21 bits per heavy atom. The Morgan fingerprint density at radius 3 is 2.86 bits per heavy atom. The van der Waals surface area contributed by atoms with Gasteiger partial charge in [0.15, 0.2) is 11.5 Å². The molecule has 1 saturated heterocycles. The zero-order chi connectivity index (χ0) is 19.7. The highest BCUT2D eigenvalue weighted by Crippen LogP contribution is 2.37. The van der Waals surface area contributed by atoms with Crippen molar-refractivity contribution in [3.63, 3.8) is 0 Å². The van der Waals surface area contributed by atoms with Gasteiger partial charge < -0.3 is 24.6 Å². The number of nitrogens with zero attached hydrogens (tertiary/aromatic N) is 2. The second-order valence-electron chi connectivity index (χ2n) is 7.00. The SMILES string of the molecule is CCN(C)c1cccc(NC(=O)[C@H]2CC(=O)N(c3ccc4c(c3)OCO4)C2)c1. The van der Waals surface area contributed by atoms with Gasteiger partial charge in [-0.05, 0) is 37.3 Å². The lowest BCUT2D eigenvalue weighted by molar-refractivity contribution is -0.122. The number of hydrogen-bond acceptors (Lipinski definition) is 5. The Kier molecular flexibility index (Phi) is 4.81. The van der Waals surface area contributed by atoms with Crippen LogP contribution in [0.25, 0.3) is 0 Å². The van der Waals surface area contributed by atoms with Crippen molar-refractivity contribution in [2.75, 3.05) is 42.0 Å². The summed E-state index contributed by atoms with van der Waals surface area (Å²) in [6, 6.07) is 13.1. The number of rotatable bonds is 5. The maximum Gasteiger partial charge on any atom is 0.231 e. The van der Waals surface area contributed by atoms with E-state index in [1.807, 2.05) is 37.4 Å². The first-order valence-electron chi connectivity index (χ1n) is 9.37. The lowest BCUT2D eigenvalue weighted by Gasteiger charge is -2.19. The van der Waals surface area contributed by atoms with Crippen LogP contribution in [0, 0.1) is 5.92 Å². The van der Waals surface area contributed by atoms with Gasteiger partial charge in [0.05, 0.1) is 5.92 Å². The van der Waals surface area contributed by atoms with Gasteiger partial charge in [0.2, 0.25) is 18.6 Å². The fraction of sp³-hybridized carbons (Fsp3) is 0.333. The summed E-state index contributed by atoms with van der Waals surface area (Å²) in [6.45, 7) is 3.47. The van der Waals surface area contributed by atoms with Crippen LogP contribution >= 0.6 is 0 Å². The van der Waals surface area contributed by atoms with Crippen LogP contribution in [0.4, 0.5) is 17.1 Å². The molecule has 0 saturated carbocycles. The summed E-state index contributed by atoms with van der Waals surface area (Å²) >= 11 is 0. The Labute approximate surface area is 163 Å². The average molecular weight is 381 g/mol. The first-order valence-corrected chi connectivity index (χ1v) is 9.37. The molecule has 1 fully saturated rings. The third kappa shape index (κ3) is 3.47. The van der Waals surface area contributed by atoms with Gasteiger partial charge in [-0.15, -0.1) is 0 Å². The molecule has 0 spiro atoms. The van der Waals surface area contributed by atoms with Crippen LogP contribution in [-0.4, -0.2) is 38.7 Å². The maximum atomic E-state index is 12.7. The van der Waals surface area contributed by atoms with Crippen molar-refractivity contribution in [3.05, 3.63) is 42.5 Å². The molecule has 1 atom stereocenters. The van der Waals surface area contributed by atoms with E-state index in [-0.39, 0.29) is 25.0 Å². The zero-order valence-electron chi connectivity index (χ0n) is 16.0. The number of nitrogens with one attached hydrogen (secondary N) is 1. The topological polar surface area (TPSA) is 71.1 Å². The molecule has 7 heteroatoms. The van der Waals surface area contributed by atoms with Crippen LogP contribution in [0.2, 0.25) is 0 Å². The molecule has 2 aliphatic heterocycles. The summed E-state index contributed by atoms with van der Waals surface area (Å²) in [7, 11) is 2.00. The quantitative estimate of drug-likeness (QED) is 0.862. The minimum Gasteiger partial charge on any atom is -0.454 e. The molecule has 2 heterocycles. The Balaban J connectivity index is 1.44. The van der Waals surface area contributed by atoms with Crippen molar-refractivity contribution in [2.45, 2.75) is 13.3 Å². The molecular weight excluding hydrogens is 358 g/mol. The van der Waals surface area contributed by atoms with Gasteiger partial charge in [-0.2, -0.15) is 0 Å². The number of amides is 2. The highest BCUT2D eigenvalue weighted by atomic mass is 16.7. The van der Waals surface area contributed by atoms with Crippen molar-refractivity contribution < 1.29 is 19.1 Å². The fourth-order valence-corrected chi connectivity index (χ4v) is 3.43. The molecule has 146 valence electrons. The van der Waals surface area contributed by atoms with Gasteiger partial charge in [0.1, 0.15) is 0 Å². The van der Waals surface area contributed by atoms with Crippen LogP contribution in [-0.2, 0) is 9.59 Å². The molecule has 4 rings (SSSR count). The fourth-order valence-electron chi connectivity index (χ4n) is 3.43.